The zero-order valence-electron chi connectivity index (χ0n) is 23.5. The Balaban J connectivity index is 1.51. The highest BCUT2D eigenvalue weighted by Crippen LogP contribution is 2.34. The molecular formula is C24H40O21. The first-order valence-corrected chi connectivity index (χ1v) is 14.0. The maximum Gasteiger partial charge on any atom is 0.335 e. The van der Waals surface area contributed by atoms with Gasteiger partial charge in [0.15, 0.2) is 31.3 Å². The molecule has 4 aliphatic rings. The zero-order valence-corrected chi connectivity index (χ0v) is 23.5. The minimum Gasteiger partial charge on any atom is -0.479 e. The molecule has 20 atom stereocenters. The average molecular weight is 665 g/mol. The predicted octanol–water partition coefficient (Wildman–Crippen LogP) is -8.63. The molecule has 4 saturated heterocycles. The van der Waals surface area contributed by atoms with Crippen molar-refractivity contribution in [2.24, 2.45) is 0 Å². The highest BCUT2D eigenvalue weighted by atomic mass is 16.8. The van der Waals surface area contributed by atoms with Crippen LogP contribution in [0.2, 0.25) is 0 Å². The Morgan fingerprint density at radius 3 is 1.56 bits per heavy atom. The van der Waals surface area contributed by atoms with E-state index in [9.17, 15) is 71.2 Å². The lowest BCUT2D eigenvalue weighted by atomic mass is 9.95. The number of ether oxygens (including phenoxy) is 7. The van der Waals surface area contributed by atoms with Crippen LogP contribution in [0.5, 0.6) is 0 Å². The standard InChI is InChI=1S/C24H40O21/c1-4-7(27)16(14(34)21(38)39-4)42-24-15(35)17(9(29)6(3-26)41-24)43-23-13(33)11(31)18(19(45-23)20(36)37)44-22-12(32)10(30)8(28)5(2-25)40-22/h4-19,21-35,38H,2-3H2,1H3,(H,36,37)/t4-,5+,6+,7+,8-,9-,10-,11+,12+,13+,14-,15+,16+,17-,18-,19-,21?,22+,23+,24+/m0/s1. The molecule has 4 fully saturated rings. The van der Waals surface area contributed by atoms with Gasteiger partial charge in [0.05, 0.1) is 19.3 Å². The van der Waals surface area contributed by atoms with Crippen LogP contribution < -0.4 is 0 Å². The van der Waals surface area contributed by atoms with Gasteiger partial charge >= 0.3 is 5.97 Å². The Bertz CT molecular complexity index is 959. The van der Waals surface area contributed by atoms with Crippen molar-refractivity contribution in [1.29, 1.82) is 0 Å². The maximum absolute atomic E-state index is 12.1. The monoisotopic (exact) mass is 664 g/mol. The Morgan fingerprint density at radius 2 is 1.00 bits per heavy atom. The molecule has 0 aromatic rings. The third-order valence-corrected chi connectivity index (χ3v) is 8.13. The van der Waals surface area contributed by atoms with Crippen LogP contribution in [0, 0.1) is 0 Å². The van der Waals surface area contributed by atoms with Crippen molar-refractivity contribution in [3.8, 4) is 0 Å². The average Bonchev–Trinajstić information content (AvgIpc) is 3.00. The smallest absolute Gasteiger partial charge is 0.335 e. The van der Waals surface area contributed by atoms with Crippen LogP contribution >= 0.6 is 0 Å². The summed E-state index contributed by atoms with van der Waals surface area (Å²) in [5.74, 6) is -1.80. The SMILES string of the molecule is C[C@@H]1OC(O)[C@@H](O)[C@H](O[C@H]2O[C@H](CO)[C@H](O)[C@H](O[C@@H]3O[C@H](C(=O)O)[C@@H](O[C@H]4O[C@H](CO)[C@H](O)[C@H](O)[C@H]4O)[C@H](O)[C@H]3O)[C@H]2O)[C@@H]1O. The first-order chi connectivity index (χ1) is 21.1. The molecule has 4 heterocycles. The van der Waals surface area contributed by atoms with E-state index in [4.69, 9.17) is 33.2 Å². The zero-order chi connectivity index (χ0) is 33.5. The third-order valence-electron chi connectivity index (χ3n) is 8.13. The van der Waals surface area contributed by atoms with Gasteiger partial charge in [0, 0.05) is 0 Å². The molecule has 21 heteroatoms. The van der Waals surface area contributed by atoms with Crippen molar-refractivity contribution >= 4 is 5.97 Å². The van der Waals surface area contributed by atoms with Crippen molar-refractivity contribution in [1.82, 2.24) is 0 Å². The van der Waals surface area contributed by atoms with E-state index in [-0.39, 0.29) is 0 Å². The van der Waals surface area contributed by atoms with Crippen molar-refractivity contribution in [2.45, 2.75) is 130 Å². The lowest BCUT2D eigenvalue weighted by Crippen LogP contribution is -2.68. The number of carboxylic acids is 1. The van der Waals surface area contributed by atoms with Gasteiger partial charge in [0.2, 0.25) is 0 Å². The molecule has 45 heavy (non-hydrogen) atoms. The van der Waals surface area contributed by atoms with Gasteiger partial charge in [-0.05, 0) is 6.92 Å². The summed E-state index contributed by atoms with van der Waals surface area (Å²) in [7, 11) is 0. The number of carbonyl (C=O) groups is 1. The van der Waals surface area contributed by atoms with Crippen molar-refractivity contribution in [2.75, 3.05) is 13.2 Å². The first-order valence-electron chi connectivity index (χ1n) is 14.0. The summed E-state index contributed by atoms with van der Waals surface area (Å²) >= 11 is 0. The Kier molecular flexibility index (Phi) is 12.1. The molecular weight excluding hydrogens is 624 g/mol. The van der Waals surface area contributed by atoms with E-state index >= 15 is 0 Å². The van der Waals surface area contributed by atoms with E-state index < -0.39 is 142 Å². The molecule has 4 rings (SSSR count). The lowest BCUT2D eigenvalue weighted by molar-refractivity contribution is -0.385. The summed E-state index contributed by atoms with van der Waals surface area (Å²) in [4.78, 5) is 12.1. The fraction of sp³-hybridized carbons (Fsp3) is 0.958. The molecule has 0 aromatic heterocycles. The Morgan fingerprint density at radius 1 is 0.533 bits per heavy atom. The normalized spacial score (nSPS) is 52.8. The van der Waals surface area contributed by atoms with Crippen molar-refractivity contribution < 1.29 is 104 Å². The van der Waals surface area contributed by atoms with Gasteiger partial charge < -0.3 is 99.5 Å². The highest BCUT2D eigenvalue weighted by molar-refractivity contribution is 5.73. The summed E-state index contributed by atoms with van der Waals surface area (Å²) in [5, 5.41) is 133. The number of aliphatic hydroxyl groups is 12. The van der Waals surface area contributed by atoms with Crippen LogP contribution in [0.4, 0.5) is 0 Å². The van der Waals surface area contributed by atoms with Crippen LogP contribution in [0.25, 0.3) is 0 Å². The number of hydrogen-bond donors (Lipinski definition) is 13. The summed E-state index contributed by atoms with van der Waals surface area (Å²) < 4.78 is 37.1. The van der Waals surface area contributed by atoms with E-state index in [1.165, 1.54) is 6.92 Å². The van der Waals surface area contributed by atoms with E-state index in [1.54, 1.807) is 0 Å². The first kappa shape index (κ1) is 36.5. The molecule has 0 aromatic carbocycles. The predicted molar refractivity (Wildman–Crippen MR) is 133 cm³/mol. The lowest BCUT2D eigenvalue weighted by Gasteiger charge is -2.48. The van der Waals surface area contributed by atoms with Crippen LogP contribution in [0.3, 0.4) is 0 Å². The van der Waals surface area contributed by atoms with Gasteiger partial charge in [-0.2, -0.15) is 0 Å². The molecule has 0 bridgehead atoms. The van der Waals surface area contributed by atoms with Crippen molar-refractivity contribution in [3.63, 3.8) is 0 Å². The topological polar surface area (TPSA) is 345 Å². The number of aliphatic carboxylic acids is 1. The molecule has 0 aliphatic carbocycles. The molecule has 0 amide bonds. The summed E-state index contributed by atoms with van der Waals surface area (Å²) in [5.41, 5.74) is 0. The number of aliphatic hydroxyl groups excluding tert-OH is 12. The van der Waals surface area contributed by atoms with E-state index in [1.807, 2.05) is 0 Å². The van der Waals surface area contributed by atoms with Gasteiger partial charge in [-0.3, -0.25) is 0 Å². The van der Waals surface area contributed by atoms with E-state index in [0.717, 1.165) is 0 Å². The molecule has 0 radical (unpaired) electrons. The van der Waals surface area contributed by atoms with Crippen LogP contribution in [0.1, 0.15) is 6.92 Å². The molecule has 1 unspecified atom stereocenters. The second-order valence-corrected chi connectivity index (χ2v) is 11.2. The second-order valence-electron chi connectivity index (χ2n) is 11.2. The Labute approximate surface area is 253 Å². The Hall–Kier alpha value is -1.29. The minimum atomic E-state index is -2.21. The summed E-state index contributed by atoms with van der Waals surface area (Å²) in [6, 6.07) is 0. The van der Waals surface area contributed by atoms with E-state index in [2.05, 4.69) is 0 Å². The quantitative estimate of drug-likeness (QED) is 0.109. The largest absolute Gasteiger partial charge is 0.479 e. The number of carboxylic acid groups (broad SMARTS) is 1. The highest BCUT2D eigenvalue weighted by Gasteiger charge is 2.56. The molecule has 262 valence electrons. The maximum atomic E-state index is 12.1. The van der Waals surface area contributed by atoms with E-state index in [0.29, 0.717) is 0 Å². The van der Waals surface area contributed by atoms with Gasteiger partial charge in [0.1, 0.15) is 85.5 Å². The van der Waals surface area contributed by atoms with Gasteiger partial charge in [-0.1, -0.05) is 0 Å². The van der Waals surface area contributed by atoms with Gasteiger partial charge in [-0.15, -0.1) is 0 Å². The molecule has 21 nitrogen and oxygen atoms in total. The van der Waals surface area contributed by atoms with Crippen molar-refractivity contribution in [3.05, 3.63) is 0 Å². The number of hydrogen-bond acceptors (Lipinski definition) is 20. The van der Waals surface area contributed by atoms with Crippen LogP contribution in [-0.2, 0) is 38.0 Å². The number of rotatable bonds is 9. The second kappa shape index (κ2) is 14.9. The summed E-state index contributed by atoms with van der Waals surface area (Å²) in [6.45, 7) is -0.410. The molecule has 0 spiro atoms. The van der Waals surface area contributed by atoms with Crippen LogP contribution in [-0.4, -0.2) is 208 Å². The van der Waals surface area contributed by atoms with Gasteiger partial charge in [0.25, 0.3) is 0 Å². The molecule has 13 N–H and O–H groups in total. The third kappa shape index (κ3) is 7.26. The minimum absolute atomic E-state index is 0.850. The fourth-order valence-corrected chi connectivity index (χ4v) is 5.44. The molecule has 4 aliphatic heterocycles. The van der Waals surface area contributed by atoms with Gasteiger partial charge in [-0.25, -0.2) is 4.79 Å². The van der Waals surface area contributed by atoms with Crippen LogP contribution in [0.15, 0.2) is 0 Å². The molecule has 0 saturated carbocycles. The fourth-order valence-electron chi connectivity index (χ4n) is 5.44. The summed E-state index contributed by atoms with van der Waals surface area (Å²) in [6.07, 6.45) is -37.1.